The van der Waals surface area contributed by atoms with Crippen LogP contribution in [0.15, 0.2) is 84.8 Å². The van der Waals surface area contributed by atoms with E-state index in [1.165, 1.54) is 9.87 Å². The minimum Gasteiger partial charge on any atom is -0.378 e. The minimum absolute atomic E-state index is 0.148. The molecule has 4 nitrogen and oxygen atoms in total. The van der Waals surface area contributed by atoms with Gasteiger partial charge in [0.1, 0.15) is 0 Å². The molecule has 0 saturated carbocycles. The number of sulfonamides is 1. The lowest BCUT2D eigenvalue weighted by atomic mass is 9.77. The summed E-state index contributed by atoms with van der Waals surface area (Å²) >= 11 is 6.07. The van der Waals surface area contributed by atoms with Crippen molar-refractivity contribution in [1.82, 2.24) is 4.31 Å². The first-order valence-electron chi connectivity index (χ1n) is 10.00. The van der Waals surface area contributed by atoms with Crippen molar-refractivity contribution < 1.29 is 8.42 Å². The molecule has 0 bridgehead atoms. The van der Waals surface area contributed by atoms with Crippen LogP contribution in [-0.4, -0.2) is 25.8 Å². The zero-order chi connectivity index (χ0) is 21.3. The van der Waals surface area contributed by atoms with Crippen LogP contribution in [0.1, 0.15) is 29.5 Å². The van der Waals surface area contributed by atoms with Gasteiger partial charge in [0.05, 0.1) is 10.9 Å². The highest BCUT2D eigenvalue weighted by atomic mass is 35.5. The Kier molecular flexibility index (Phi) is 5.87. The minimum atomic E-state index is -3.63. The third-order valence-corrected chi connectivity index (χ3v) is 7.95. The summed E-state index contributed by atoms with van der Waals surface area (Å²) in [5, 5.41) is 4.36. The summed E-state index contributed by atoms with van der Waals surface area (Å²) in [6.07, 6.45) is 8.52. The Morgan fingerprint density at radius 1 is 1.10 bits per heavy atom. The smallest absolute Gasteiger partial charge is 0.243 e. The number of allylic oxidation sites excluding steroid dienone is 2. The standard InChI is InChI=1S/C24H25ClN2O2S/c1-3-14-27(15-4-2)30(28,29)19-12-13-23-22(16-19)20-6-5-7-21(20)24(26-23)17-8-10-18(25)11-9-17/h3-6,8-13,16,20-21,24,26H,1-2,7,14-15H2. The highest BCUT2D eigenvalue weighted by Crippen LogP contribution is 2.50. The van der Waals surface area contributed by atoms with Crippen molar-refractivity contribution >= 4 is 27.3 Å². The van der Waals surface area contributed by atoms with Gasteiger partial charge in [-0.1, -0.05) is 48.0 Å². The fourth-order valence-corrected chi connectivity index (χ4v) is 5.98. The van der Waals surface area contributed by atoms with Crippen molar-refractivity contribution in [1.29, 1.82) is 0 Å². The maximum atomic E-state index is 13.2. The van der Waals surface area contributed by atoms with Crippen molar-refractivity contribution in [3.05, 3.63) is 96.1 Å². The third-order valence-electron chi connectivity index (χ3n) is 5.87. The largest absolute Gasteiger partial charge is 0.378 e. The molecule has 0 saturated heterocycles. The molecule has 2 aliphatic rings. The number of fused-ring (bicyclic) bond motifs is 3. The quantitative estimate of drug-likeness (QED) is 0.576. The molecule has 3 atom stereocenters. The fraction of sp³-hybridized carbons (Fsp3) is 0.250. The molecule has 1 aliphatic carbocycles. The lowest BCUT2D eigenvalue weighted by molar-refractivity contribution is 0.424. The number of hydrogen-bond donors (Lipinski definition) is 1. The summed E-state index contributed by atoms with van der Waals surface area (Å²) in [4.78, 5) is 0.302. The first-order chi connectivity index (χ1) is 14.5. The normalized spacial score (nSPS) is 22.3. The maximum absolute atomic E-state index is 13.2. The van der Waals surface area contributed by atoms with Gasteiger partial charge in [-0.05, 0) is 53.8 Å². The van der Waals surface area contributed by atoms with Gasteiger partial charge in [-0.3, -0.25) is 0 Å². The molecule has 1 aliphatic heterocycles. The van der Waals surface area contributed by atoms with E-state index in [0.717, 1.165) is 22.7 Å². The zero-order valence-electron chi connectivity index (χ0n) is 16.7. The fourth-order valence-electron chi connectivity index (χ4n) is 4.44. The van der Waals surface area contributed by atoms with Crippen molar-refractivity contribution in [2.75, 3.05) is 18.4 Å². The molecule has 2 aromatic rings. The summed E-state index contributed by atoms with van der Waals surface area (Å²) in [6.45, 7) is 7.85. The molecule has 4 rings (SSSR count). The molecule has 6 heteroatoms. The van der Waals surface area contributed by atoms with Crippen LogP contribution in [-0.2, 0) is 10.0 Å². The number of rotatable bonds is 7. The first kappa shape index (κ1) is 20.9. The number of hydrogen-bond acceptors (Lipinski definition) is 3. The summed E-state index contributed by atoms with van der Waals surface area (Å²) in [5.74, 6) is 0.499. The van der Waals surface area contributed by atoms with Crippen LogP contribution in [0.2, 0.25) is 5.02 Å². The van der Waals surface area contributed by atoms with Gasteiger partial charge >= 0.3 is 0 Å². The van der Waals surface area contributed by atoms with Crippen molar-refractivity contribution in [3.8, 4) is 0 Å². The lowest BCUT2D eigenvalue weighted by Gasteiger charge is -2.38. The molecular weight excluding hydrogens is 416 g/mol. The van der Waals surface area contributed by atoms with E-state index in [1.807, 2.05) is 24.3 Å². The molecular formula is C24H25ClN2O2S. The van der Waals surface area contributed by atoms with Gasteiger partial charge in [-0.25, -0.2) is 8.42 Å². The van der Waals surface area contributed by atoms with E-state index in [-0.39, 0.29) is 25.0 Å². The summed E-state index contributed by atoms with van der Waals surface area (Å²) < 4.78 is 27.8. The number of nitrogens with one attached hydrogen (secondary N) is 1. The maximum Gasteiger partial charge on any atom is 0.243 e. The van der Waals surface area contributed by atoms with Gasteiger partial charge in [-0.15, -0.1) is 13.2 Å². The van der Waals surface area contributed by atoms with E-state index in [9.17, 15) is 8.42 Å². The molecule has 0 amide bonds. The van der Waals surface area contributed by atoms with E-state index >= 15 is 0 Å². The summed E-state index contributed by atoms with van der Waals surface area (Å²) in [5.41, 5.74) is 3.18. The molecule has 0 spiro atoms. The van der Waals surface area contributed by atoms with Crippen LogP contribution >= 0.6 is 11.6 Å². The van der Waals surface area contributed by atoms with E-state index in [4.69, 9.17) is 11.6 Å². The summed E-state index contributed by atoms with van der Waals surface area (Å²) in [6, 6.07) is 13.5. The number of nitrogens with zero attached hydrogens (tertiary/aromatic N) is 1. The van der Waals surface area contributed by atoms with Crippen LogP contribution in [0, 0.1) is 5.92 Å². The van der Waals surface area contributed by atoms with Crippen LogP contribution in [0.25, 0.3) is 0 Å². The second-order valence-electron chi connectivity index (χ2n) is 7.68. The molecule has 0 fully saturated rings. The molecule has 2 aromatic carbocycles. The van der Waals surface area contributed by atoms with Gasteiger partial charge in [0.25, 0.3) is 0 Å². The molecule has 30 heavy (non-hydrogen) atoms. The van der Waals surface area contributed by atoms with Crippen LogP contribution in [0.3, 0.4) is 0 Å². The van der Waals surface area contributed by atoms with Crippen molar-refractivity contribution in [3.63, 3.8) is 0 Å². The Balaban J connectivity index is 1.72. The molecule has 3 unspecified atom stereocenters. The van der Waals surface area contributed by atoms with Crippen LogP contribution in [0.4, 0.5) is 5.69 Å². The summed E-state index contributed by atoms with van der Waals surface area (Å²) in [7, 11) is -3.63. The highest BCUT2D eigenvalue weighted by molar-refractivity contribution is 7.89. The molecule has 1 heterocycles. The van der Waals surface area contributed by atoms with Crippen LogP contribution in [0.5, 0.6) is 0 Å². The molecule has 1 N–H and O–H groups in total. The molecule has 156 valence electrons. The van der Waals surface area contributed by atoms with Crippen molar-refractivity contribution in [2.45, 2.75) is 23.3 Å². The average Bonchev–Trinajstić information content (AvgIpc) is 3.23. The first-order valence-corrected chi connectivity index (χ1v) is 11.8. The topological polar surface area (TPSA) is 49.4 Å². The predicted molar refractivity (Wildman–Crippen MR) is 123 cm³/mol. The number of anilines is 1. The Morgan fingerprint density at radius 3 is 2.47 bits per heavy atom. The van der Waals surface area contributed by atoms with Gasteiger partial charge < -0.3 is 5.32 Å². The Labute approximate surface area is 183 Å². The Morgan fingerprint density at radius 2 is 1.80 bits per heavy atom. The lowest BCUT2D eigenvalue weighted by Crippen LogP contribution is -2.32. The van der Waals surface area contributed by atoms with Gasteiger partial charge in [-0.2, -0.15) is 4.31 Å². The second-order valence-corrected chi connectivity index (χ2v) is 10.0. The highest BCUT2D eigenvalue weighted by Gasteiger charge is 2.38. The van der Waals surface area contributed by atoms with E-state index in [2.05, 4.69) is 42.8 Å². The van der Waals surface area contributed by atoms with E-state index < -0.39 is 10.0 Å². The van der Waals surface area contributed by atoms with Gasteiger partial charge in [0.15, 0.2) is 0 Å². The average molecular weight is 441 g/mol. The Hall–Kier alpha value is -2.34. The zero-order valence-corrected chi connectivity index (χ0v) is 18.2. The Bertz CT molecular complexity index is 1080. The van der Waals surface area contributed by atoms with Crippen LogP contribution < -0.4 is 5.32 Å². The third kappa shape index (κ3) is 3.73. The molecule has 0 radical (unpaired) electrons. The van der Waals surface area contributed by atoms with Gasteiger partial charge in [0, 0.05) is 29.7 Å². The number of halogens is 1. The van der Waals surface area contributed by atoms with Crippen molar-refractivity contribution in [2.24, 2.45) is 5.92 Å². The molecule has 0 aromatic heterocycles. The van der Waals surface area contributed by atoms with Gasteiger partial charge in [0.2, 0.25) is 10.0 Å². The van der Waals surface area contributed by atoms with E-state index in [0.29, 0.717) is 10.8 Å². The number of benzene rings is 2. The second kappa shape index (κ2) is 8.42. The SMILES string of the molecule is C=CCN(CC=C)S(=O)(=O)c1ccc2c(c1)C1C=CCC1C(c1ccc(Cl)cc1)N2. The van der Waals surface area contributed by atoms with E-state index in [1.54, 1.807) is 18.2 Å². The monoisotopic (exact) mass is 440 g/mol. The predicted octanol–water partition coefficient (Wildman–Crippen LogP) is 5.53.